The van der Waals surface area contributed by atoms with Crippen LogP contribution in [-0.2, 0) is 4.79 Å². The fraction of sp³-hybridized carbons (Fsp3) is 0.150. The molecule has 2 aromatic carbocycles. The Hall–Kier alpha value is -3.81. The number of ether oxygens (including phenoxy) is 1. The smallest absolute Gasteiger partial charge is 0.265 e. The number of nitrogens with zero attached hydrogens (tertiary/aromatic N) is 5. The van der Waals surface area contributed by atoms with Crippen molar-refractivity contribution >= 4 is 22.5 Å². The van der Waals surface area contributed by atoms with Crippen LogP contribution in [0, 0.1) is 6.92 Å². The van der Waals surface area contributed by atoms with Gasteiger partial charge >= 0.3 is 0 Å². The molecule has 140 valence electrons. The van der Waals surface area contributed by atoms with Crippen molar-refractivity contribution in [1.82, 2.24) is 25.2 Å². The van der Waals surface area contributed by atoms with E-state index in [9.17, 15) is 4.79 Å². The number of pyridine rings is 1. The van der Waals surface area contributed by atoms with Crippen molar-refractivity contribution in [3.63, 3.8) is 0 Å². The van der Waals surface area contributed by atoms with Crippen molar-refractivity contribution in [2.75, 3.05) is 5.32 Å². The number of tetrazole rings is 1. The maximum Gasteiger partial charge on any atom is 0.265 e. The average molecular weight is 374 g/mol. The first-order valence-corrected chi connectivity index (χ1v) is 8.77. The zero-order valence-electron chi connectivity index (χ0n) is 15.4. The van der Waals surface area contributed by atoms with Gasteiger partial charge in [0.05, 0.1) is 16.9 Å². The molecule has 0 saturated carbocycles. The Morgan fingerprint density at radius 3 is 2.71 bits per heavy atom. The highest BCUT2D eigenvalue weighted by molar-refractivity contribution is 6.03. The van der Waals surface area contributed by atoms with Gasteiger partial charge in [0.1, 0.15) is 12.1 Å². The molecule has 8 nitrogen and oxygen atoms in total. The summed E-state index contributed by atoms with van der Waals surface area (Å²) in [5.41, 5.74) is 3.20. The fourth-order valence-electron chi connectivity index (χ4n) is 2.84. The summed E-state index contributed by atoms with van der Waals surface area (Å²) >= 11 is 0. The lowest BCUT2D eigenvalue weighted by Gasteiger charge is -2.17. The Morgan fingerprint density at radius 1 is 1.14 bits per heavy atom. The number of anilines is 1. The molecule has 0 aliphatic rings. The van der Waals surface area contributed by atoms with Gasteiger partial charge in [-0.1, -0.05) is 18.2 Å². The SMILES string of the molecule is Cc1ccc2cccnc2c1NC(=O)[C@@H](C)Oc1ccc(-n2cnnn2)cc1. The number of fused-ring (bicyclic) bond motifs is 1. The maximum atomic E-state index is 12.7. The average Bonchev–Trinajstić information content (AvgIpc) is 3.25. The van der Waals surface area contributed by atoms with Crippen LogP contribution in [0.5, 0.6) is 5.75 Å². The number of aromatic nitrogens is 5. The Bertz CT molecular complexity index is 1110. The number of hydrogen-bond donors (Lipinski definition) is 1. The second-order valence-corrected chi connectivity index (χ2v) is 6.33. The van der Waals surface area contributed by atoms with Gasteiger partial charge in [-0.2, -0.15) is 0 Å². The van der Waals surface area contributed by atoms with Crippen molar-refractivity contribution in [3.05, 3.63) is 66.6 Å². The van der Waals surface area contributed by atoms with Crippen LogP contribution < -0.4 is 10.1 Å². The fourth-order valence-corrected chi connectivity index (χ4v) is 2.84. The lowest BCUT2D eigenvalue weighted by Crippen LogP contribution is -2.30. The summed E-state index contributed by atoms with van der Waals surface area (Å²) in [6.45, 7) is 3.64. The minimum absolute atomic E-state index is 0.245. The summed E-state index contributed by atoms with van der Waals surface area (Å²) in [7, 11) is 0. The van der Waals surface area contributed by atoms with E-state index in [2.05, 4.69) is 25.8 Å². The molecule has 1 atom stereocenters. The molecule has 0 radical (unpaired) electrons. The summed E-state index contributed by atoms with van der Waals surface area (Å²) in [6, 6.07) is 14.9. The highest BCUT2D eigenvalue weighted by Gasteiger charge is 2.17. The number of carbonyl (C=O) groups is 1. The summed E-state index contributed by atoms with van der Waals surface area (Å²) in [5, 5.41) is 15.0. The minimum Gasteiger partial charge on any atom is -0.481 e. The second kappa shape index (κ2) is 7.43. The van der Waals surface area contributed by atoms with E-state index in [1.807, 2.05) is 43.3 Å². The van der Waals surface area contributed by atoms with E-state index in [1.165, 1.54) is 11.0 Å². The monoisotopic (exact) mass is 374 g/mol. The molecule has 1 amide bonds. The molecule has 0 aliphatic heterocycles. The van der Waals surface area contributed by atoms with Gasteiger partial charge in [0, 0.05) is 11.6 Å². The molecule has 0 bridgehead atoms. The molecule has 0 unspecified atom stereocenters. The first-order valence-electron chi connectivity index (χ1n) is 8.77. The van der Waals surface area contributed by atoms with E-state index in [1.54, 1.807) is 25.3 Å². The third-order valence-electron chi connectivity index (χ3n) is 4.36. The van der Waals surface area contributed by atoms with Crippen LogP contribution in [0.3, 0.4) is 0 Å². The lowest BCUT2D eigenvalue weighted by atomic mass is 10.1. The number of nitrogens with one attached hydrogen (secondary N) is 1. The normalized spacial score (nSPS) is 11.9. The number of benzene rings is 2. The number of aryl methyl sites for hydroxylation is 1. The van der Waals surface area contributed by atoms with Gasteiger partial charge in [-0.25, -0.2) is 4.68 Å². The van der Waals surface area contributed by atoms with Crippen molar-refractivity contribution in [2.45, 2.75) is 20.0 Å². The molecule has 2 heterocycles. The highest BCUT2D eigenvalue weighted by atomic mass is 16.5. The third kappa shape index (κ3) is 3.52. The molecule has 0 spiro atoms. The Labute approximate surface area is 161 Å². The van der Waals surface area contributed by atoms with Gasteiger partial charge < -0.3 is 10.1 Å². The van der Waals surface area contributed by atoms with Gasteiger partial charge in [-0.3, -0.25) is 9.78 Å². The summed E-state index contributed by atoms with van der Waals surface area (Å²) in [4.78, 5) is 17.1. The van der Waals surface area contributed by atoms with Gasteiger partial charge in [0.2, 0.25) is 0 Å². The lowest BCUT2D eigenvalue weighted by molar-refractivity contribution is -0.122. The number of rotatable bonds is 5. The first kappa shape index (κ1) is 17.6. The van der Waals surface area contributed by atoms with Crippen LogP contribution in [0.4, 0.5) is 5.69 Å². The standard InChI is InChI=1S/C20H18N6O2/c1-13-5-6-15-4-3-11-21-19(15)18(13)23-20(27)14(2)28-17-9-7-16(8-10-17)26-12-22-24-25-26/h3-12,14H,1-2H3,(H,23,27)/t14-/m1/s1. The van der Waals surface area contributed by atoms with E-state index >= 15 is 0 Å². The van der Waals surface area contributed by atoms with E-state index in [0.29, 0.717) is 11.4 Å². The first-order chi connectivity index (χ1) is 13.6. The van der Waals surface area contributed by atoms with Gasteiger partial charge in [-0.05, 0) is 60.2 Å². The number of hydrogen-bond acceptors (Lipinski definition) is 6. The largest absolute Gasteiger partial charge is 0.481 e. The molecule has 8 heteroatoms. The van der Waals surface area contributed by atoms with E-state index in [0.717, 1.165) is 22.2 Å². The van der Waals surface area contributed by atoms with E-state index < -0.39 is 6.10 Å². The van der Waals surface area contributed by atoms with Crippen LogP contribution in [0.15, 0.2) is 61.1 Å². The molecular weight excluding hydrogens is 356 g/mol. The second-order valence-electron chi connectivity index (χ2n) is 6.33. The zero-order valence-corrected chi connectivity index (χ0v) is 15.4. The van der Waals surface area contributed by atoms with Gasteiger partial charge in [0.25, 0.3) is 5.91 Å². The van der Waals surface area contributed by atoms with Crippen LogP contribution in [0.25, 0.3) is 16.6 Å². The van der Waals surface area contributed by atoms with Crippen molar-refractivity contribution < 1.29 is 9.53 Å². The summed E-state index contributed by atoms with van der Waals surface area (Å²) in [6.07, 6.45) is 2.54. The van der Waals surface area contributed by atoms with Crippen LogP contribution in [-0.4, -0.2) is 37.2 Å². The van der Waals surface area contributed by atoms with Gasteiger partial charge in [-0.15, -0.1) is 5.10 Å². The van der Waals surface area contributed by atoms with E-state index in [4.69, 9.17) is 4.74 Å². The highest BCUT2D eigenvalue weighted by Crippen LogP contribution is 2.25. The molecule has 4 rings (SSSR count). The quantitative estimate of drug-likeness (QED) is 0.577. The van der Waals surface area contributed by atoms with E-state index in [-0.39, 0.29) is 5.91 Å². The topological polar surface area (TPSA) is 94.8 Å². The maximum absolute atomic E-state index is 12.7. The predicted molar refractivity (Wildman–Crippen MR) is 104 cm³/mol. The Kier molecular flexibility index (Phi) is 4.67. The van der Waals surface area contributed by atoms with Crippen LogP contribution in [0.1, 0.15) is 12.5 Å². The predicted octanol–water partition coefficient (Wildman–Crippen LogP) is 2.92. The van der Waals surface area contributed by atoms with Crippen LogP contribution >= 0.6 is 0 Å². The van der Waals surface area contributed by atoms with Crippen LogP contribution in [0.2, 0.25) is 0 Å². The molecule has 4 aromatic rings. The number of carbonyl (C=O) groups excluding carboxylic acids is 1. The summed E-state index contributed by atoms with van der Waals surface area (Å²) in [5.74, 6) is 0.332. The van der Waals surface area contributed by atoms with Gasteiger partial charge in [0.15, 0.2) is 6.10 Å². The third-order valence-corrected chi connectivity index (χ3v) is 4.36. The molecule has 0 fully saturated rings. The molecule has 2 aromatic heterocycles. The summed E-state index contributed by atoms with van der Waals surface area (Å²) < 4.78 is 7.32. The molecule has 1 N–H and O–H groups in total. The van der Waals surface area contributed by atoms with Crippen molar-refractivity contribution in [2.24, 2.45) is 0 Å². The Balaban J connectivity index is 1.48. The number of amides is 1. The van der Waals surface area contributed by atoms with Crippen molar-refractivity contribution in [1.29, 1.82) is 0 Å². The molecule has 0 aliphatic carbocycles. The molecule has 0 saturated heterocycles. The zero-order chi connectivity index (χ0) is 19.5. The minimum atomic E-state index is -0.683. The molecular formula is C20H18N6O2. The Morgan fingerprint density at radius 2 is 1.96 bits per heavy atom. The van der Waals surface area contributed by atoms with Crippen molar-refractivity contribution in [3.8, 4) is 11.4 Å². The molecule has 28 heavy (non-hydrogen) atoms.